The minimum Gasteiger partial charge on any atom is -0.507 e. The van der Waals surface area contributed by atoms with Gasteiger partial charge in [-0.1, -0.05) is 55.3 Å². The van der Waals surface area contributed by atoms with E-state index >= 15 is 0 Å². The van der Waals surface area contributed by atoms with Crippen molar-refractivity contribution in [2.24, 2.45) is 0 Å². The van der Waals surface area contributed by atoms with Crippen molar-refractivity contribution in [3.8, 4) is 11.5 Å². The van der Waals surface area contributed by atoms with E-state index in [9.17, 15) is 14.7 Å². The first-order valence-electron chi connectivity index (χ1n) is 13.7. The average molecular weight is 543 g/mol. The molecule has 3 aromatic carbocycles. The molecule has 1 fully saturated rings. The highest BCUT2D eigenvalue weighted by Crippen LogP contribution is 2.40. The van der Waals surface area contributed by atoms with Crippen LogP contribution in [-0.4, -0.2) is 60.4 Å². The molecule has 7 heteroatoms. The average Bonchev–Trinajstić information content (AvgIpc) is 3.20. The molecule has 1 atom stereocenters. The van der Waals surface area contributed by atoms with Crippen LogP contribution in [0.2, 0.25) is 0 Å². The van der Waals surface area contributed by atoms with E-state index in [2.05, 4.69) is 13.0 Å². The van der Waals surface area contributed by atoms with Crippen LogP contribution in [0.4, 0.5) is 0 Å². The molecule has 1 unspecified atom stereocenters. The highest BCUT2D eigenvalue weighted by atomic mass is 16.5. The molecule has 0 bridgehead atoms. The fourth-order valence-corrected chi connectivity index (χ4v) is 4.68. The maximum Gasteiger partial charge on any atom is 0.295 e. The molecule has 210 valence electrons. The van der Waals surface area contributed by atoms with Crippen LogP contribution < -0.4 is 9.47 Å². The van der Waals surface area contributed by atoms with Crippen LogP contribution in [0.15, 0.2) is 78.4 Å². The number of hydrogen-bond donors (Lipinski definition) is 1. The number of carbonyl (C=O) groups excluding carboxylic acids is 2. The molecule has 1 heterocycles. The summed E-state index contributed by atoms with van der Waals surface area (Å²) in [5.74, 6) is -0.147. The van der Waals surface area contributed by atoms with Gasteiger partial charge in [0.15, 0.2) is 0 Å². The van der Waals surface area contributed by atoms with Crippen LogP contribution >= 0.6 is 0 Å². The molecule has 4 rings (SSSR count). The lowest BCUT2D eigenvalue weighted by Crippen LogP contribution is -2.35. The minimum atomic E-state index is -0.707. The number of ketones is 1. The van der Waals surface area contributed by atoms with Gasteiger partial charge in [-0.2, -0.15) is 0 Å². The number of Topliss-reactive ketones (excluding diaryl/α,β-unsaturated/α-hetero) is 1. The van der Waals surface area contributed by atoms with Gasteiger partial charge in [0.2, 0.25) is 0 Å². The van der Waals surface area contributed by atoms with Crippen molar-refractivity contribution in [1.82, 2.24) is 9.80 Å². The first kappa shape index (κ1) is 28.9. The molecule has 3 aromatic rings. The summed E-state index contributed by atoms with van der Waals surface area (Å²) in [7, 11) is 3.83. The van der Waals surface area contributed by atoms with E-state index in [0.29, 0.717) is 37.6 Å². The predicted molar refractivity (Wildman–Crippen MR) is 156 cm³/mol. The second-order valence-corrected chi connectivity index (χ2v) is 10.4. The Balaban J connectivity index is 1.61. The highest BCUT2D eigenvalue weighted by molar-refractivity contribution is 6.46. The molecule has 1 saturated heterocycles. The Labute approximate surface area is 236 Å². The zero-order valence-corrected chi connectivity index (χ0v) is 23.7. The number of likely N-dealkylation sites (N-methyl/N-ethyl adjacent to an activating group) is 1. The van der Waals surface area contributed by atoms with E-state index in [0.717, 1.165) is 35.3 Å². The van der Waals surface area contributed by atoms with Gasteiger partial charge in [0, 0.05) is 18.7 Å². The van der Waals surface area contributed by atoms with Crippen LogP contribution in [0, 0.1) is 6.92 Å². The van der Waals surface area contributed by atoms with Gasteiger partial charge >= 0.3 is 0 Å². The number of rotatable bonds is 12. The summed E-state index contributed by atoms with van der Waals surface area (Å²) in [5.41, 5.74) is 3.48. The number of unbranched alkanes of at least 4 members (excludes halogenated alkanes) is 1. The van der Waals surface area contributed by atoms with Gasteiger partial charge in [-0.3, -0.25) is 9.59 Å². The van der Waals surface area contributed by atoms with Crippen LogP contribution in [0.3, 0.4) is 0 Å². The van der Waals surface area contributed by atoms with E-state index in [1.54, 1.807) is 29.2 Å². The van der Waals surface area contributed by atoms with E-state index in [1.165, 1.54) is 0 Å². The van der Waals surface area contributed by atoms with Crippen molar-refractivity contribution in [2.75, 3.05) is 33.8 Å². The van der Waals surface area contributed by atoms with Gasteiger partial charge in [-0.25, -0.2) is 0 Å². The molecule has 1 N–H and O–H groups in total. The maximum absolute atomic E-state index is 13.3. The number of ether oxygens (including phenoxy) is 2. The van der Waals surface area contributed by atoms with Gasteiger partial charge in [0.1, 0.15) is 23.9 Å². The fraction of sp³-hybridized carbons (Fsp3) is 0.333. The highest BCUT2D eigenvalue weighted by Gasteiger charge is 2.45. The number of amides is 1. The van der Waals surface area contributed by atoms with Crippen molar-refractivity contribution < 1.29 is 24.2 Å². The number of likely N-dealkylation sites (tertiary alicyclic amines) is 1. The molecule has 0 aliphatic carbocycles. The number of aliphatic hydroxyl groups is 1. The van der Waals surface area contributed by atoms with Crippen LogP contribution in [0.25, 0.3) is 5.76 Å². The Morgan fingerprint density at radius 2 is 1.62 bits per heavy atom. The fourth-order valence-electron chi connectivity index (χ4n) is 4.68. The monoisotopic (exact) mass is 542 g/mol. The summed E-state index contributed by atoms with van der Waals surface area (Å²) in [5, 5.41) is 11.4. The molecule has 0 radical (unpaired) electrons. The third kappa shape index (κ3) is 6.90. The Morgan fingerprint density at radius 1 is 0.950 bits per heavy atom. The lowest BCUT2D eigenvalue weighted by atomic mass is 9.95. The number of carbonyl (C=O) groups is 2. The third-order valence-electron chi connectivity index (χ3n) is 6.91. The van der Waals surface area contributed by atoms with Crippen LogP contribution in [0.5, 0.6) is 11.5 Å². The minimum absolute atomic E-state index is 0.0804. The lowest BCUT2D eigenvalue weighted by molar-refractivity contribution is -0.140. The summed E-state index contributed by atoms with van der Waals surface area (Å²) in [6.07, 6.45) is 2.00. The summed E-state index contributed by atoms with van der Waals surface area (Å²) in [6.45, 7) is 6.11. The lowest BCUT2D eigenvalue weighted by Gasteiger charge is -2.26. The molecule has 40 heavy (non-hydrogen) atoms. The number of nitrogens with zero attached hydrogens (tertiary/aromatic N) is 2. The van der Waals surface area contributed by atoms with Gasteiger partial charge in [-0.05, 0) is 75.0 Å². The normalized spacial score (nSPS) is 16.5. The first-order valence-corrected chi connectivity index (χ1v) is 13.7. The molecule has 0 saturated carbocycles. The van der Waals surface area contributed by atoms with Gasteiger partial charge < -0.3 is 24.4 Å². The zero-order chi connectivity index (χ0) is 28.6. The Bertz CT molecular complexity index is 1350. The van der Waals surface area contributed by atoms with Crippen molar-refractivity contribution in [2.45, 2.75) is 39.3 Å². The molecule has 7 nitrogen and oxygen atoms in total. The standard InChI is InChI=1S/C33H38N2O5/c1-5-6-20-39-27-14-10-25(11-15-27)30-29(32(37)33(38)35(30)19-18-34(3)4)31(36)26-12-16-28(17-13-26)40-22-24-9-7-8-23(2)21-24/h7-17,21,30,36H,5-6,18-20,22H2,1-4H3/b31-29+. The SMILES string of the molecule is CCCCOc1ccc(C2/C(=C(\O)c3ccc(OCc4cccc(C)c4)cc3)C(=O)C(=O)N2CCN(C)C)cc1. The zero-order valence-electron chi connectivity index (χ0n) is 23.7. The second-order valence-electron chi connectivity index (χ2n) is 10.4. The van der Waals surface area contributed by atoms with Crippen molar-refractivity contribution in [3.05, 3.63) is 101 Å². The molecule has 1 aliphatic rings. The van der Waals surface area contributed by atoms with Gasteiger partial charge in [0.05, 0.1) is 18.2 Å². The van der Waals surface area contributed by atoms with E-state index in [1.807, 2.05) is 68.4 Å². The topological polar surface area (TPSA) is 79.3 Å². The van der Waals surface area contributed by atoms with Crippen LogP contribution in [-0.2, 0) is 16.2 Å². The quantitative estimate of drug-likeness (QED) is 0.136. The Morgan fingerprint density at radius 3 is 2.27 bits per heavy atom. The number of aliphatic hydroxyl groups excluding tert-OH is 1. The maximum atomic E-state index is 13.3. The van der Waals surface area contributed by atoms with E-state index in [-0.39, 0.29) is 11.3 Å². The summed E-state index contributed by atoms with van der Waals surface area (Å²) < 4.78 is 11.7. The van der Waals surface area contributed by atoms with Crippen molar-refractivity contribution in [1.29, 1.82) is 0 Å². The van der Waals surface area contributed by atoms with Crippen molar-refractivity contribution in [3.63, 3.8) is 0 Å². The molecular weight excluding hydrogens is 504 g/mol. The predicted octanol–water partition coefficient (Wildman–Crippen LogP) is 5.74. The van der Waals surface area contributed by atoms with Gasteiger partial charge in [-0.15, -0.1) is 0 Å². The molecule has 1 aliphatic heterocycles. The smallest absolute Gasteiger partial charge is 0.295 e. The Kier molecular flexibility index (Phi) is 9.61. The van der Waals surface area contributed by atoms with E-state index < -0.39 is 17.7 Å². The molecular formula is C33H38N2O5. The van der Waals surface area contributed by atoms with E-state index in [4.69, 9.17) is 9.47 Å². The first-order chi connectivity index (χ1) is 19.3. The second kappa shape index (κ2) is 13.3. The number of aryl methyl sites for hydroxylation is 1. The van der Waals surface area contributed by atoms with Crippen LogP contribution in [0.1, 0.15) is 48.1 Å². The largest absolute Gasteiger partial charge is 0.507 e. The summed E-state index contributed by atoms with van der Waals surface area (Å²) in [4.78, 5) is 29.9. The molecule has 0 aromatic heterocycles. The van der Waals surface area contributed by atoms with Gasteiger partial charge in [0.25, 0.3) is 11.7 Å². The third-order valence-corrected chi connectivity index (χ3v) is 6.91. The summed E-state index contributed by atoms with van der Waals surface area (Å²) >= 11 is 0. The molecule has 0 spiro atoms. The Hall–Kier alpha value is -4.10. The summed E-state index contributed by atoms with van der Waals surface area (Å²) in [6, 6.07) is 21.7. The number of hydrogen-bond acceptors (Lipinski definition) is 6. The number of benzene rings is 3. The molecule has 1 amide bonds. The van der Waals surface area contributed by atoms with Crippen molar-refractivity contribution >= 4 is 17.4 Å².